The Balaban J connectivity index is 1.52. The van der Waals surface area contributed by atoms with E-state index in [1.165, 1.54) is 9.58 Å². The van der Waals surface area contributed by atoms with E-state index >= 15 is 0 Å². The first kappa shape index (κ1) is 40.4. The summed E-state index contributed by atoms with van der Waals surface area (Å²) in [5.41, 5.74) is -2.70. The number of likely N-dealkylation sites (N-methyl/N-ethyl adjacent to an activating group) is 1. The average Bonchev–Trinajstić information content (AvgIpc) is 3.54. The zero-order valence-electron chi connectivity index (χ0n) is 29.2. The SMILES string of the molecule is CCN1CCN(C(=O)NC(C(=O)N[C@]2(NC=O)C(=O)N3C(C(=O)O)=C(CSc4nnnn4C)CS[C@@H]32)c2cc(OC(C)=O)c(OC(C)=O)cc2Cl)C(=O)C1=O. The van der Waals surface area contributed by atoms with Crippen LogP contribution in [0.2, 0.25) is 5.02 Å². The number of carboxylic acids is 1. The molecule has 0 aliphatic carbocycles. The number of carbonyl (C=O) groups is 9. The molecule has 4 N–H and O–H groups in total. The molecule has 0 bridgehead atoms. The van der Waals surface area contributed by atoms with Crippen molar-refractivity contribution < 1.29 is 57.7 Å². The monoisotopic (exact) mass is 822 g/mol. The first-order valence-electron chi connectivity index (χ1n) is 15.9. The third kappa shape index (κ3) is 7.91. The molecule has 0 radical (unpaired) electrons. The number of imide groups is 1. The molecule has 7 amide bonds. The topological polar surface area (TPSA) is 282 Å². The number of aryl methyl sites for hydroxylation is 1. The lowest BCUT2D eigenvalue weighted by atomic mass is 9.94. The van der Waals surface area contributed by atoms with Gasteiger partial charge in [-0.2, -0.15) is 0 Å². The minimum Gasteiger partial charge on any atom is -0.477 e. The largest absolute Gasteiger partial charge is 0.477 e. The van der Waals surface area contributed by atoms with Gasteiger partial charge in [0.15, 0.2) is 11.5 Å². The number of hydrogen-bond acceptors (Lipinski definition) is 16. The number of ether oxygens (including phenoxy) is 2. The van der Waals surface area contributed by atoms with Crippen molar-refractivity contribution in [2.75, 3.05) is 31.1 Å². The molecule has 1 aromatic heterocycles. The van der Waals surface area contributed by atoms with Crippen molar-refractivity contribution in [3.8, 4) is 11.5 Å². The molecule has 1 unspecified atom stereocenters. The maximum Gasteiger partial charge on any atom is 0.352 e. The number of carbonyl (C=O) groups excluding carboxylic acids is 8. The molecule has 25 heteroatoms. The number of piperazine rings is 1. The van der Waals surface area contributed by atoms with Crippen LogP contribution in [-0.4, -0.2) is 136 Å². The molecule has 0 saturated carbocycles. The number of carboxylic acid groups (broad SMARTS) is 1. The number of fused-ring (bicyclic) bond motifs is 1. The fourth-order valence-corrected chi connectivity index (χ4v) is 8.44. The van der Waals surface area contributed by atoms with Crippen molar-refractivity contribution >= 4 is 89.1 Å². The van der Waals surface area contributed by atoms with Gasteiger partial charge in [0.25, 0.3) is 5.91 Å². The summed E-state index contributed by atoms with van der Waals surface area (Å²) in [6, 6.07) is -1.23. The summed E-state index contributed by atoms with van der Waals surface area (Å²) in [6.07, 6.45) is 0.109. The van der Waals surface area contributed by atoms with E-state index in [1.54, 1.807) is 14.0 Å². The lowest BCUT2D eigenvalue weighted by molar-refractivity contribution is -0.163. The number of thioether (sulfide) groups is 2. The van der Waals surface area contributed by atoms with Gasteiger partial charge in [0.05, 0.1) is 5.02 Å². The third-order valence-corrected chi connectivity index (χ3v) is 11.1. The molecule has 4 heterocycles. The van der Waals surface area contributed by atoms with Crippen LogP contribution in [0.3, 0.4) is 0 Å². The van der Waals surface area contributed by atoms with Gasteiger partial charge in [-0.15, -0.1) is 16.9 Å². The number of aliphatic carboxylic acids is 1. The average molecular weight is 823 g/mol. The lowest BCUT2D eigenvalue weighted by Gasteiger charge is -2.56. The van der Waals surface area contributed by atoms with Crippen LogP contribution in [0.4, 0.5) is 4.79 Å². The van der Waals surface area contributed by atoms with Gasteiger partial charge in [0, 0.05) is 63.7 Å². The van der Waals surface area contributed by atoms with Gasteiger partial charge in [-0.05, 0) is 29.0 Å². The molecule has 55 heavy (non-hydrogen) atoms. The van der Waals surface area contributed by atoms with E-state index in [4.69, 9.17) is 21.1 Å². The second-order valence-electron chi connectivity index (χ2n) is 11.8. The van der Waals surface area contributed by atoms with E-state index in [0.717, 1.165) is 54.4 Å². The van der Waals surface area contributed by atoms with E-state index in [9.17, 15) is 48.3 Å². The number of urea groups is 1. The molecule has 22 nitrogen and oxygen atoms in total. The van der Waals surface area contributed by atoms with Crippen LogP contribution < -0.4 is 25.4 Å². The van der Waals surface area contributed by atoms with Gasteiger partial charge in [0.1, 0.15) is 17.1 Å². The second-order valence-corrected chi connectivity index (χ2v) is 14.2. The Morgan fingerprint density at radius 1 is 1.11 bits per heavy atom. The number of halogens is 1. The van der Waals surface area contributed by atoms with E-state index < -0.39 is 76.1 Å². The van der Waals surface area contributed by atoms with Gasteiger partial charge in [-0.1, -0.05) is 23.4 Å². The molecule has 292 valence electrons. The first-order valence-corrected chi connectivity index (χ1v) is 18.4. The number of esters is 2. The number of amides is 7. The van der Waals surface area contributed by atoms with Crippen LogP contribution in [0.5, 0.6) is 11.5 Å². The van der Waals surface area contributed by atoms with Crippen LogP contribution in [0, 0.1) is 0 Å². The van der Waals surface area contributed by atoms with Crippen molar-refractivity contribution in [3.63, 3.8) is 0 Å². The number of rotatable bonds is 13. The normalized spacial score (nSPS) is 19.9. The third-order valence-electron chi connectivity index (χ3n) is 8.27. The molecule has 0 spiro atoms. The van der Waals surface area contributed by atoms with Crippen molar-refractivity contribution in [3.05, 3.63) is 34.0 Å². The van der Waals surface area contributed by atoms with Gasteiger partial charge < -0.3 is 35.4 Å². The number of aromatic nitrogens is 4. The summed E-state index contributed by atoms with van der Waals surface area (Å²) in [5, 5.41) is 27.1. The smallest absolute Gasteiger partial charge is 0.352 e. The maximum absolute atomic E-state index is 14.4. The van der Waals surface area contributed by atoms with Crippen molar-refractivity contribution in [2.24, 2.45) is 7.05 Å². The molecule has 2 saturated heterocycles. The molecular weight excluding hydrogens is 792 g/mol. The van der Waals surface area contributed by atoms with Crippen molar-refractivity contribution in [1.29, 1.82) is 0 Å². The summed E-state index contributed by atoms with van der Waals surface area (Å²) >= 11 is 8.66. The molecule has 3 aliphatic heterocycles. The number of nitrogens with one attached hydrogen (secondary N) is 3. The predicted octanol–water partition coefficient (Wildman–Crippen LogP) is -1.24. The van der Waals surface area contributed by atoms with Gasteiger partial charge in [0.2, 0.25) is 23.1 Å². The Kier molecular flexibility index (Phi) is 12.0. The van der Waals surface area contributed by atoms with Crippen LogP contribution in [0.15, 0.2) is 28.6 Å². The molecule has 3 atom stereocenters. The zero-order chi connectivity index (χ0) is 40.4. The van der Waals surface area contributed by atoms with Crippen LogP contribution >= 0.6 is 35.1 Å². The van der Waals surface area contributed by atoms with Crippen LogP contribution in [-0.2, 0) is 45.4 Å². The quantitative estimate of drug-likeness (QED) is 0.0350. The van der Waals surface area contributed by atoms with E-state index in [-0.39, 0.29) is 53.9 Å². The van der Waals surface area contributed by atoms with Crippen LogP contribution in [0.1, 0.15) is 32.4 Å². The summed E-state index contributed by atoms with van der Waals surface area (Å²) in [6.45, 7) is 3.60. The second kappa shape index (κ2) is 16.3. The maximum atomic E-state index is 14.4. The Hall–Kier alpha value is -5.75. The van der Waals surface area contributed by atoms with Gasteiger partial charge in [-0.3, -0.25) is 43.4 Å². The highest BCUT2D eigenvalue weighted by atomic mass is 35.5. The summed E-state index contributed by atoms with van der Waals surface area (Å²) in [4.78, 5) is 118. The molecule has 5 rings (SSSR count). The molecule has 3 aliphatic rings. The number of β-lactam (4-membered cyclic amide) rings is 1. The Morgan fingerprint density at radius 2 is 1.78 bits per heavy atom. The Labute approximate surface area is 323 Å². The first-order chi connectivity index (χ1) is 26.0. The standard InChI is InChI=1S/C30H31ClN10O12S2/c1-5-39-6-7-40(24(47)23(39)46)28(51)33-20(16-8-18(52-13(2)43)19(9-17(16)31)53-14(3)44)22(45)34-30(32-12-42)26(50)41-21(25(48)49)15(10-54-27(30)41)11-55-29-35-36-37-38(29)4/h8-9,12,20,27H,5-7,10-11H2,1-4H3,(H,32,42)(H,33,51)(H,34,45)(H,48,49)/t20?,27-,30-/m1/s1. The Bertz CT molecular complexity index is 2050. The van der Waals surface area contributed by atoms with Crippen molar-refractivity contribution in [1.82, 2.24) is 50.9 Å². The highest BCUT2D eigenvalue weighted by molar-refractivity contribution is 8.01. The van der Waals surface area contributed by atoms with E-state index in [0.29, 0.717) is 15.6 Å². The van der Waals surface area contributed by atoms with E-state index in [2.05, 4.69) is 31.5 Å². The highest BCUT2D eigenvalue weighted by Gasteiger charge is 2.66. The molecule has 2 fully saturated rings. The zero-order valence-corrected chi connectivity index (χ0v) is 31.6. The van der Waals surface area contributed by atoms with Gasteiger partial charge in [-0.25, -0.2) is 14.3 Å². The number of nitrogens with zero attached hydrogens (tertiary/aromatic N) is 7. The molecule has 1 aromatic carbocycles. The number of hydrogen-bond donors (Lipinski definition) is 4. The van der Waals surface area contributed by atoms with Gasteiger partial charge >= 0.3 is 35.8 Å². The Morgan fingerprint density at radius 3 is 2.36 bits per heavy atom. The fraction of sp³-hybridized carbons (Fsp3) is 0.400. The van der Waals surface area contributed by atoms with Crippen LogP contribution in [0.25, 0.3) is 0 Å². The molecular formula is C30H31ClN10O12S2. The number of benzene rings is 1. The minimum absolute atomic E-state index is 0.0156. The fourth-order valence-electron chi connectivity index (χ4n) is 5.77. The molecule has 2 aromatic rings. The predicted molar refractivity (Wildman–Crippen MR) is 187 cm³/mol. The number of tetrazole rings is 1. The summed E-state index contributed by atoms with van der Waals surface area (Å²) < 4.78 is 11.6. The highest BCUT2D eigenvalue weighted by Crippen LogP contribution is 2.46. The van der Waals surface area contributed by atoms with Crippen molar-refractivity contribution in [2.45, 2.75) is 43.0 Å². The summed E-state index contributed by atoms with van der Waals surface area (Å²) in [7, 11) is 1.58. The lowest BCUT2D eigenvalue weighted by Crippen LogP contribution is -2.85. The summed E-state index contributed by atoms with van der Waals surface area (Å²) in [5.74, 6) is -8.39. The van der Waals surface area contributed by atoms with E-state index in [1.807, 2.05) is 0 Å². The minimum atomic E-state index is -2.29.